The number of halogens is 1. The van der Waals surface area contributed by atoms with E-state index < -0.39 is 11.0 Å². The number of rotatable bonds is 4. The summed E-state index contributed by atoms with van der Waals surface area (Å²) in [7, 11) is 0. The molecule has 0 saturated carbocycles. The van der Waals surface area contributed by atoms with E-state index in [1.54, 1.807) is 6.92 Å². The molecular formula is C12H16ClN3O4. The minimum Gasteiger partial charge on any atom is -0.393 e. The van der Waals surface area contributed by atoms with Gasteiger partial charge in [-0.3, -0.25) is 10.1 Å². The lowest BCUT2D eigenvalue weighted by Crippen LogP contribution is -2.47. The van der Waals surface area contributed by atoms with Crippen LogP contribution in [0, 0.1) is 10.1 Å². The Morgan fingerprint density at radius 2 is 2.50 bits per heavy atom. The SMILES string of the molecule is CC(O)CC1COCCN1c1ncc(Cl)cc1[N+](=O)[O-]. The maximum Gasteiger partial charge on any atom is 0.313 e. The number of nitro groups is 1. The average molecular weight is 302 g/mol. The largest absolute Gasteiger partial charge is 0.393 e. The molecule has 2 unspecified atom stereocenters. The van der Waals surface area contributed by atoms with Gasteiger partial charge < -0.3 is 14.7 Å². The summed E-state index contributed by atoms with van der Waals surface area (Å²) >= 11 is 5.77. The summed E-state index contributed by atoms with van der Waals surface area (Å²) in [4.78, 5) is 16.6. The number of aromatic nitrogens is 1. The van der Waals surface area contributed by atoms with Crippen molar-refractivity contribution in [2.75, 3.05) is 24.7 Å². The van der Waals surface area contributed by atoms with Crippen molar-refractivity contribution >= 4 is 23.1 Å². The van der Waals surface area contributed by atoms with Crippen molar-refractivity contribution in [1.29, 1.82) is 0 Å². The molecule has 0 amide bonds. The van der Waals surface area contributed by atoms with Crippen LogP contribution in [0.3, 0.4) is 0 Å². The standard InChI is InChI=1S/C12H16ClN3O4/c1-8(17)4-10-7-20-3-2-15(10)12-11(16(18)19)5-9(13)6-14-12/h5-6,8,10,17H,2-4,7H2,1H3. The first-order valence-corrected chi connectivity index (χ1v) is 6.69. The molecule has 1 aromatic rings. The molecule has 1 aliphatic heterocycles. The van der Waals surface area contributed by atoms with E-state index in [1.165, 1.54) is 12.3 Å². The van der Waals surface area contributed by atoms with Crippen LogP contribution in [0.1, 0.15) is 13.3 Å². The predicted octanol–water partition coefficient (Wildman–Crippen LogP) is 1.62. The smallest absolute Gasteiger partial charge is 0.313 e. The van der Waals surface area contributed by atoms with E-state index in [-0.39, 0.29) is 22.6 Å². The van der Waals surface area contributed by atoms with Gasteiger partial charge in [0.05, 0.1) is 35.3 Å². The van der Waals surface area contributed by atoms with Crippen LogP contribution in [0.5, 0.6) is 0 Å². The van der Waals surface area contributed by atoms with Crippen molar-refractivity contribution in [1.82, 2.24) is 4.98 Å². The third-order valence-electron chi connectivity index (χ3n) is 3.12. The van der Waals surface area contributed by atoms with Gasteiger partial charge in [0.1, 0.15) is 0 Å². The molecule has 7 nitrogen and oxygen atoms in total. The third-order valence-corrected chi connectivity index (χ3v) is 3.33. The molecule has 8 heteroatoms. The zero-order chi connectivity index (χ0) is 14.7. The fraction of sp³-hybridized carbons (Fsp3) is 0.583. The average Bonchev–Trinajstić information content (AvgIpc) is 2.39. The van der Waals surface area contributed by atoms with Crippen molar-refractivity contribution in [2.45, 2.75) is 25.5 Å². The van der Waals surface area contributed by atoms with Crippen molar-refractivity contribution in [2.24, 2.45) is 0 Å². The highest BCUT2D eigenvalue weighted by atomic mass is 35.5. The Hall–Kier alpha value is -1.44. The van der Waals surface area contributed by atoms with Crippen molar-refractivity contribution in [3.05, 3.63) is 27.4 Å². The van der Waals surface area contributed by atoms with E-state index in [2.05, 4.69) is 4.98 Å². The number of nitrogens with zero attached hydrogens (tertiary/aromatic N) is 3. The van der Waals surface area contributed by atoms with Crippen LogP contribution in [-0.4, -0.2) is 46.9 Å². The Balaban J connectivity index is 2.34. The molecule has 0 radical (unpaired) electrons. The molecule has 20 heavy (non-hydrogen) atoms. The third kappa shape index (κ3) is 3.36. The van der Waals surface area contributed by atoms with Crippen molar-refractivity contribution in [3.63, 3.8) is 0 Å². The Kier molecular flexibility index (Phi) is 4.74. The number of aliphatic hydroxyl groups excluding tert-OH is 1. The maximum atomic E-state index is 11.1. The van der Waals surface area contributed by atoms with Gasteiger partial charge in [0.25, 0.3) is 0 Å². The Bertz CT molecular complexity index is 498. The second kappa shape index (κ2) is 6.34. The zero-order valence-electron chi connectivity index (χ0n) is 11.0. The number of aliphatic hydroxyl groups is 1. The summed E-state index contributed by atoms with van der Waals surface area (Å²) < 4.78 is 5.38. The Labute approximate surface area is 121 Å². The van der Waals surface area contributed by atoms with Crippen LogP contribution < -0.4 is 4.90 Å². The highest BCUT2D eigenvalue weighted by Gasteiger charge is 2.30. The van der Waals surface area contributed by atoms with Gasteiger partial charge in [-0.05, 0) is 13.3 Å². The number of ether oxygens (including phenoxy) is 1. The van der Waals surface area contributed by atoms with E-state index >= 15 is 0 Å². The van der Waals surface area contributed by atoms with E-state index in [1.807, 2.05) is 4.90 Å². The Morgan fingerprint density at radius 1 is 1.75 bits per heavy atom. The zero-order valence-corrected chi connectivity index (χ0v) is 11.8. The number of hydrogen-bond donors (Lipinski definition) is 1. The van der Waals surface area contributed by atoms with E-state index in [9.17, 15) is 15.2 Å². The molecule has 1 aliphatic rings. The van der Waals surface area contributed by atoms with Gasteiger partial charge in [-0.1, -0.05) is 11.6 Å². The quantitative estimate of drug-likeness (QED) is 0.671. The minimum absolute atomic E-state index is 0.130. The molecule has 2 heterocycles. The van der Waals surface area contributed by atoms with E-state index in [0.29, 0.717) is 26.2 Å². The second-order valence-electron chi connectivity index (χ2n) is 4.76. The molecule has 2 rings (SSSR count). The number of morpholine rings is 1. The van der Waals surface area contributed by atoms with Crippen molar-refractivity contribution in [3.8, 4) is 0 Å². The molecule has 0 spiro atoms. The Morgan fingerprint density at radius 3 is 3.15 bits per heavy atom. The first-order valence-electron chi connectivity index (χ1n) is 6.31. The van der Waals surface area contributed by atoms with Crippen LogP contribution in [0.2, 0.25) is 5.02 Å². The van der Waals surface area contributed by atoms with E-state index in [4.69, 9.17) is 16.3 Å². The second-order valence-corrected chi connectivity index (χ2v) is 5.20. The summed E-state index contributed by atoms with van der Waals surface area (Å²) in [6.45, 7) is 3.05. The fourth-order valence-electron chi connectivity index (χ4n) is 2.30. The molecule has 1 saturated heterocycles. The molecule has 110 valence electrons. The summed E-state index contributed by atoms with van der Waals surface area (Å²) in [5.41, 5.74) is -0.130. The lowest BCUT2D eigenvalue weighted by molar-refractivity contribution is -0.384. The molecule has 1 fully saturated rings. The molecule has 1 aromatic heterocycles. The van der Waals surface area contributed by atoms with Gasteiger partial charge in [-0.25, -0.2) is 4.98 Å². The number of pyridine rings is 1. The summed E-state index contributed by atoms with van der Waals surface area (Å²) in [6, 6.07) is 1.15. The first kappa shape index (κ1) is 15.0. The first-order chi connectivity index (χ1) is 9.49. The van der Waals surface area contributed by atoms with E-state index in [0.717, 1.165) is 0 Å². The highest BCUT2D eigenvalue weighted by molar-refractivity contribution is 6.30. The van der Waals surface area contributed by atoms with Crippen molar-refractivity contribution < 1.29 is 14.8 Å². The van der Waals surface area contributed by atoms with Gasteiger partial charge in [0.15, 0.2) is 0 Å². The molecule has 0 aromatic carbocycles. The highest BCUT2D eigenvalue weighted by Crippen LogP contribution is 2.31. The maximum absolute atomic E-state index is 11.1. The van der Waals surface area contributed by atoms with Gasteiger partial charge >= 0.3 is 5.69 Å². The molecule has 0 bridgehead atoms. The predicted molar refractivity (Wildman–Crippen MR) is 74.2 cm³/mol. The summed E-state index contributed by atoms with van der Waals surface area (Å²) in [5.74, 6) is 0.272. The molecule has 2 atom stereocenters. The van der Waals surface area contributed by atoms with Gasteiger partial charge in [0, 0.05) is 18.8 Å². The van der Waals surface area contributed by atoms with Crippen LogP contribution in [0.25, 0.3) is 0 Å². The summed E-state index contributed by atoms with van der Waals surface area (Å²) in [5, 5.41) is 20.9. The topological polar surface area (TPSA) is 88.7 Å². The monoisotopic (exact) mass is 301 g/mol. The molecular weight excluding hydrogens is 286 g/mol. The molecule has 0 aliphatic carbocycles. The summed E-state index contributed by atoms with van der Waals surface area (Å²) in [6.07, 6.45) is 1.33. The minimum atomic E-state index is -0.518. The molecule has 1 N–H and O–H groups in total. The van der Waals surface area contributed by atoms with Crippen LogP contribution in [-0.2, 0) is 4.74 Å². The number of hydrogen-bond acceptors (Lipinski definition) is 6. The lowest BCUT2D eigenvalue weighted by atomic mass is 10.1. The fourth-order valence-corrected chi connectivity index (χ4v) is 2.45. The van der Waals surface area contributed by atoms with Crippen LogP contribution >= 0.6 is 11.6 Å². The van der Waals surface area contributed by atoms with Gasteiger partial charge in [0.2, 0.25) is 5.82 Å². The normalized spacial score (nSPS) is 20.8. The lowest BCUT2D eigenvalue weighted by Gasteiger charge is -2.36. The van der Waals surface area contributed by atoms with Crippen LogP contribution in [0.4, 0.5) is 11.5 Å². The van der Waals surface area contributed by atoms with Crippen LogP contribution in [0.15, 0.2) is 12.3 Å². The van der Waals surface area contributed by atoms with Gasteiger partial charge in [-0.2, -0.15) is 0 Å². The number of anilines is 1. The van der Waals surface area contributed by atoms with Gasteiger partial charge in [-0.15, -0.1) is 0 Å².